The van der Waals surface area contributed by atoms with Crippen LogP contribution in [0.15, 0.2) is 59.1 Å². The van der Waals surface area contributed by atoms with Crippen LogP contribution in [0.25, 0.3) is 10.8 Å². The van der Waals surface area contributed by atoms with Gasteiger partial charge >= 0.3 is 5.97 Å². The molecule has 0 aliphatic heterocycles. The number of fused-ring (bicyclic) bond motifs is 1. The minimum atomic E-state index is -0.391. The molecule has 0 bridgehead atoms. The summed E-state index contributed by atoms with van der Waals surface area (Å²) in [6.45, 7) is 2.27. The number of carbonyl (C=O) groups is 1. The van der Waals surface area contributed by atoms with E-state index in [1.54, 1.807) is 0 Å². The van der Waals surface area contributed by atoms with E-state index in [-0.39, 0.29) is 0 Å². The molecule has 0 aliphatic rings. The molecule has 24 heavy (non-hydrogen) atoms. The Morgan fingerprint density at radius 1 is 1.04 bits per heavy atom. The molecule has 4 heteroatoms. The topological polar surface area (TPSA) is 35.5 Å². The van der Waals surface area contributed by atoms with Gasteiger partial charge in [-0.15, -0.1) is 0 Å². The lowest BCUT2D eigenvalue weighted by Crippen LogP contribution is -2.09. The van der Waals surface area contributed by atoms with Crippen molar-refractivity contribution in [3.8, 4) is 5.75 Å². The molecule has 3 rings (SSSR count). The fourth-order valence-electron chi connectivity index (χ4n) is 2.72. The Morgan fingerprint density at radius 2 is 1.79 bits per heavy atom. The number of benzene rings is 3. The van der Waals surface area contributed by atoms with E-state index in [0.29, 0.717) is 17.9 Å². The van der Waals surface area contributed by atoms with Gasteiger partial charge in [0.05, 0.1) is 7.11 Å². The SMILES string of the molecule is COC(=O)c1c(C)cc2c(Br)cccc2c1OCc1ccccc1. The van der Waals surface area contributed by atoms with E-state index < -0.39 is 5.97 Å². The van der Waals surface area contributed by atoms with Gasteiger partial charge in [0.15, 0.2) is 0 Å². The van der Waals surface area contributed by atoms with Crippen molar-refractivity contribution in [1.29, 1.82) is 0 Å². The second-order valence-corrected chi connectivity index (χ2v) is 6.35. The summed E-state index contributed by atoms with van der Waals surface area (Å²) in [5.41, 5.74) is 2.33. The minimum Gasteiger partial charge on any atom is -0.487 e. The quantitative estimate of drug-likeness (QED) is 0.574. The maximum Gasteiger partial charge on any atom is 0.341 e. The third kappa shape index (κ3) is 3.15. The van der Waals surface area contributed by atoms with Gasteiger partial charge in [0.1, 0.15) is 17.9 Å². The first-order valence-corrected chi connectivity index (χ1v) is 8.38. The van der Waals surface area contributed by atoms with E-state index in [9.17, 15) is 4.79 Å². The zero-order valence-corrected chi connectivity index (χ0v) is 15.1. The molecular formula is C20H17BrO3. The maximum absolute atomic E-state index is 12.3. The zero-order chi connectivity index (χ0) is 17.1. The van der Waals surface area contributed by atoms with Crippen LogP contribution < -0.4 is 4.74 Å². The summed E-state index contributed by atoms with van der Waals surface area (Å²) in [7, 11) is 1.38. The van der Waals surface area contributed by atoms with Crippen LogP contribution in [-0.4, -0.2) is 13.1 Å². The van der Waals surface area contributed by atoms with Crippen molar-refractivity contribution in [3.05, 3.63) is 75.8 Å². The number of esters is 1. The summed E-state index contributed by atoms with van der Waals surface area (Å²) >= 11 is 3.57. The number of carbonyl (C=O) groups excluding carboxylic acids is 1. The molecule has 0 amide bonds. The molecule has 0 aromatic heterocycles. The lowest BCUT2D eigenvalue weighted by Gasteiger charge is -2.16. The molecule has 3 aromatic rings. The van der Waals surface area contributed by atoms with Crippen LogP contribution >= 0.6 is 15.9 Å². The number of hydrogen-bond donors (Lipinski definition) is 0. The highest BCUT2D eigenvalue weighted by Gasteiger charge is 2.20. The molecule has 3 aromatic carbocycles. The standard InChI is InChI=1S/C20H17BrO3/c1-13-11-16-15(9-6-10-17(16)21)19(18(13)20(22)23-2)24-12-14-7-4-3-5-8-14/h3-11H,12H2,1-2H3. The van der Waals surface area contributed by atoms with Crippen molar-refractivity contribution < 1.29 is 14.3 Å². The zero-order valence-electron chi connectivity index (χ0n) is 13.5. The van der Waals surface area contributed by atoms with Crippen molar-refractivity contribution in [2.75, 3.05) is 7.11 Å². The predicted octanol–water partition coefficient (Wildman–Crippen LogP) is 5.28. The monoisotopic (exact) mass is 384 g/mol. The van der Waals surface area contributed by atoms with Gasteiger partial charge in [-0.1, -0.05) is 58.4 Å². The highest BCUT2D eigenvalue weighted by atomic mass is 79.9. The highest BCUT2D eigenvalue weighted by molar-refractivity contribution is 9.10. The van der Waals surface area contributed by atoms with Gasteiger partial charge in [-0.25, -0.2) is 4.79 Å². The fourth-order valence-corrected chi connectivity index (χ4v) is 3.20. The van der Waals surface area contributed by atoms with E-state index in [2.05, 4.69) is 15.9 Å². The average Bonchev–Trinajstić information content (AvgIpc) is 2.60. The summed E-state index contributed by atoms with van der Waals surface area (Å²) in [5.74, 6) is 0.166. The average molecular weight is 385 g/mol. The lowest BCUT2D eigenvalue weighted by atomic mass is 10.00. The fraction of sp³-hybridized carbons (Fsp3) is 0.150. The van der Waals surface area contributed by atoms with E-state index in [0.717, 1.165) is 26.4 Å². The van der Waals surface area contributed by atoms with Gasteiger partial charge in [0, 0.05) is 9.86 Å². The molecule has 0 N–H and O–H groups in total. The van der Waals surface area contributed by atoms with E-state index >= 15 is 0 Å². The Kier molecular flexibility index (Phi) is 4.86. The number of ether oxygens (including phenoxy) is 2. The third-order valence-corrected chi connectivity index (χ3v) is 4.59. The van der Waals surface area contributed by atoms with Crippen LogP contribution in [-0.2, 0) is 11.3 Å². The molecular weight excluding hydrogens is 368 g/mol. The second-order valence-electron chi connectivity index (χ2n) is 5.50. The third-order valence-electron chi connectivity index (χ3n) is 3.90. The van der Waals surface area contributed by atoms with Gasteiger partial charge in [0.25, 0.3) is 0 Å². The molecule has 122 valence electrons. The molecule has 0 heterocycles. The Morgan fingerprint density at radius 3 is 2.50 bits per heavy atom. The van der Waals surface area contributed by atoms with Crippen LogP contribution in [0.5, 0.6) is 5.75 Å². The summed E-state index contributed by atoms with van der Waals surface area (Å²) < 4.78 is 12.0. The maximum atomic E-state index is 12.3. The van der Waals surface area contributed by atoms with Gasteiger partial charge < -0.3 is 9.47 Å². The number of rotatable bonds is 4. The van der Waals surface area contributed by atoms with Crippen LogP contribution in [0.1, 0.15) is 21.5 Å². The summed E-state index contributed by atoms with van der Waals surface area (Å²) in [6, 6.07) is 17.7. The molecule has 3 nitrogen and oxygen atoms in total. The van der Waals surface area contributed by atoms with E-state index in [1.807, 2.05) is 61.5 Å². The number of aryl methyl sites for hydroxylation is 1. The van der Waals surface area contributed by atoms with Crippen molar-refractivity contribution >= 4 is 32.7 Å². The Bertz CT molecular complexity index is 888. The van der Waals surface area contributed by atoms with Crippen molar-refractivity contribution in [2.24, 2.45) is 0 Å². The smallest absolute Gasteiger partial charge is 0.341 e. The first-order chi connectivity index (χ1) is 11.6. The van der Waals surface area contributed by atoms with Gasteiger partial charge in [0.2, 0.25) is 0 Å². The molecule has 0 aliphatic carbocycles. The van der Waals surface area contributed by atoms with E-state index in [1.165, 1.54) is 7.11 Å². The second kappa shape index (κ2) is 7.05. The van der Waals surface area contributed by atoms with Gasteiger partial charge in [-0.2, -0.15) is 0 Å². The number of hydrogen-bond acceptors (Lipinski definition) is 3. The van der Waals surface area contributed by atoms with E-state index in [4.69, 9.17) is 9.47 Å². The van der Waals surface area contributed by atoms with Crippen LogP contribution in [0, 0.1) is 6.92 Å². The molecule has 0 radical (unpaired) electrons. The molecule has 0 atom stereocenters. The van der Waals surface area contributed by atoms with Crippen molar-refractivity contribution in [3.63, 3.8) is 0 Å². The molecule has 0 unspecified atom stereocenters. The van der Waals surface area contributed by atoms with Crippen LogP contribution in [0.2, 0.25) is 0 Å². The minimum absolute atomic E-state index is 0.385. The number of halogens is 1. The Hall–Kier alpha value is -2.33. The van der Waals surface area contributed by atoms with Gasteiger partial charge in [-0.3, -0.25) is 0 Å². The lowest BCUT2D eigenvalue weighted by molar-refractivity contribution is 0.0595. The normalized spacial score (nSPS) is 10.6. The molecule has 0 spiro atoms. The van der Waals surface area contributed by atoms with Crippen LogP contribution in [0.3, 0.4) is 0 Å². The number of methoxy groups -OCH3 is 1. The first-order valence-electron chi connectivity index (χ1n) is 7.58. The van der Waals surface area contributed by atoms with Crippen molar-refractivity contribution in [1.82, 2.24) is 0 Å². The Balaban J connectivity index is 2.14. The van der Waals surface area contributed by atoms with Crippen LogP contribution in [0.4, 0.5) is 0 Å². The molecule has 0 fully saturated rings. The molecule has 0 saturated carbocycles. The summed E-state index contributed by atoms with van der Waals surface area (Å²) in [6.07, 6.45) is 0. The van der Waals surface area contributed by atoms with Crippen molar-refractivity contribution in [2.45, 2.75) is 13.5 Å². The summed E-state index contributed by atoms with van der Waals surface area (Å²) in [5, 5.41) is 1.89. The first kappa shape index (κ1) is 16.5. The Labute approximate surface area is 149 Å². The highest BCUT2D eigenvalue weighted by Crippen LogP contribution is 2.37. The summed E-state index contributed by atoms with van der Waals surface area (Å²) in [4.78, 5) is 12.3. The predicted molar refractivity (Wildman–Crippen MR) is 98.5 cm³/mol. The van der Waals surface area contributed by atoms with Gasteiger partial charge in [-0.05, 0) is 35.6 Å². The largest absolute Gasteiger partial charge is 0.487 e. The molecule has 0 saturated heterocycles.